The van der Waals surface area contributed by atoms with Crippen molar-refractivity contribution in [3.05, 3.63) is 94.0 Å². The third-order valence-corrected chi connectivity index (χ3v) is 8.29. The topological polar surface area (TPSA) is 86.8 Å². The molecule has 0 aliphatic heterocycles. The highest BCUT2D eigenvalue weighted by Gasteiger charge is 2.33. The molecule has 3 aromatic rings. The maximum absolute atomic E-state index is 13.9. The zero-order valence-electron chi connectivity index (χ0n) is 22.4. The van der Waals surface area contributed by atoms with Gasteiger partial charge in [-0.05, 0) is 70.0 Å². The Hall–Kier alpha value is -3.36. The van der Waals surface area contributed by atoms with E-state index in [9.17, 15) is 18.0 Å². The number of anilines is 1. The number of carbonyl (C=O) groups excluding carboxylic acids is 2. The van der Waals surface area contributed by atoms with Gasteiger partial charge in [0.15, 0.2) is 0 Å². The second-order valence-electron chi connectivity index (χ2n) is 9.34. The summed E-state index contributed by atoms with van der Waals surface area (Å²) >= 11 is 6.26. The second kappa shape index (κ2) is 12.5. The Labute approximate surface area is 230 Å². The number of hydrogen-bond acceptors (Lipinski definition) is 4. The molecule has 3 rings (SSSR count). The summed E-state index contributed by atoms with van der Waals surface area (Å²) < 4.78 is 28.9. The third kappa shape index (κ3) is 6.94. The fourth-order valence-electron chi connectivity index (χ4n) is 4.11. The van der Waals surface area contributed by atoms with Gasteiger partial charge in [-0.1, -0.05) is 65.2 Å². The van der Waals surface area contributed by atoms with Crippen molar-refractivity contribution in [2.45, 2.75) is 52.1 Å². The summed E-state index contributed by atoms with van der Waals surface area (Å²) in [5.41, 5.74) is 3.69. The lowest BCUT2D eigenvalue weighted by atomic mass is 10.1. The van der Waals surface area contributed by atoms with Gasteiger partial charge < -0.3 is 10.2 Å². The van der Waals surface area contributed by atoms with Crippen molar-refractivity contribution in [3.8, 4) is 0 Å². The first-order chi connectivity index (χ1) is 17.9. The molecule has 0 saturated carbocycles. The number of rotatable bonds is 10. The molecule has 38 heavy (non-hydrogen) atoms. The van der Waals surface area contributed by atoms with Gasteiger partial charge in [0.1, 0.15) is 12.6 Å². The summed E-state index contributed by atoms with van der Waals surface area (Å²) in [6.07, 6.45) is 0. The lowest BCUT2D eigenvalue weighted by molar-refractivity contribution is -0.139. The third-order valence-electron chi connectivity index (χ3n) is 6.28. The van der Waals surface area contributed by atoms with E-state index in [1.807, 2.05) is 38.1 Å². The molecular formula is C29H34ClN3O4S. The highest BCUT2D eigenvalue weighted by Crippen LogP contribution is 2.30. The van der Waals surface area contributed by atoms with Crippen LogP contribution in [0.3, 0.4) is 0 Å². The molecule has 3 aromatic carbocycles. The molecule has 1 atom stereocenters. The number of halogens is 1. The fourth-order valence-corrected chi connectivity index (χ4v) is 5.75. The predicted molar refractivity (Wildman–Crippen MR) is 152 cm³/mol. The number of carbonyl (C=O) groups is 2. The van der Waals surface area contributed by atoms with Crippen molar-refractivity contribution < 1.29 is 18.0 Å². The van der Waals surface area contributed by atoms with E-state index in [0.717, 1.165) is 21.0 Å². The molecule has 0 aliphatic carbocycles. The zero-order valence-corrected chi connectivity index (χ0v) is 23.9. The molecule has 2 amide bonds. The molecule has 202 valence electrons. The Bertz CT molecular complexity index is 1410. The minimum absolute atomic E-state index is 0.0530. The van der Waals surface area contributed by atoms with Gasteiger partial charge in [0.25, 0.3) is 10.0 Å². The predicted octanol–water partition coefficient (Wildman–Crippen LogP) is 5.01. The average molecular weight is 556 g/mol. The summed E-state index contributed by atoms with van der Waals surface area (Å²) in [5, 5.41) is 3.10. The number of aryl methyl sites for hydroxylation is 3. The highest BCUT2D eigenvalue weighted by molar-refractivity contribution is 7.92. The standard InChI is InChI=1S/C29H34ClN3O4S/c1-6-31-29(35)23(5)32(18-24-9-7-8-21(3)16-24)28(34)19-33(27-17-25(30)13-12-22(27)4)38(36,37)26-14-10-20(2)11-15-26/h7-17,23H,6,18-19H2,1-5H3,(H,31,35)/t23-/m0/s1. The van der Waals surface area contributed by atoms with Crippen LogP contribution < -0.4 is 9.62 Å². The quantitative estimate of drug-likeness (QED) is 0.381. The first-order valence-electron chi connectivity index (χ1n) is 12.4. The first kappa shape index (κ1) is 29.2. The molecule has 0 fully saturated rings. The lowest BCUT2D eigenvalue weighted by Crippen LogP contribution is -2.51. The van der Waals surface area contributed by atoms with E-state index in [0.29, 0.717) is 22.8 Å². The lowest BCUT2D eigenvalue weighted by Gasteiger charge is -2.32. The molecule has 0 saturated heterocycles. The van der Waals surface area contributed by atoms with E-state index in [4.69, 9.17) is 11.6 Å². The van der Waals surface area contributed by atoms with Crippen LogP contribution in [-0.2, 0) is 26.2 Å². The van der Waals surface area contributed by atoms with Gasteiger partial charge in [0, 0.05) is 18.1 Å². The van der Waals surface area contributed by atoms with Gasteiger partial charge in [0.2, 0.25) is 11.8 Å². The SMILES string of the molecule is CCNC(=O)[C@H](C)N(Cc1cccc(C)c1)C(=O)CN(c1cc(Cl)ccc1C)S(=O)(=O)c1ccc(C)cc1. The number of nitrogens with zero attached hydrogens (tertiary/aromatic N) is 2. The molecular weight excluding hydrogens is 522 g/mol. The van der Waals surface area contributed by atoms with Crippen molar-refractivity contribution in [2.75, 3.05) is 17.4 Å². The molecule has 0 bridgehead atoms. The van der Waals surface area contributed by atoms with Crippen LogP contribution in [0.25, 0.3) is 0 Å². The number of nitrogens with one attached hydrogen (secondary N) is 1. The molecule has 0 aromatic heterocycles. The van der Waals surface area contributed by atoms with Gasteiger partial charge in [0.05, 0.1) is 10.6 Å². The van der Waals surface area contributed by atoms with Crippen molar-refractivity contribution in [1.29, 1.82) is 0 Å². The molecule has 9 heteroatoms. The van der Waals surface area contributed by atoms with Crippen LogP contribution in [-0.4, -0.2) is 44.3 Å². The van der Waals surface area contributed by atoms with E-state index in [2.05, 4.69) is 5.32 Å². The summed E-state index contributed by atoms with van der Waals surface area (Å²) in [6.45, 7) is 9.06. The van der Waals surface area contributed by atoms with Crippen LogP contribution in [0.4, 0.5) is 5.69 Å². The summed E-state index contributed by atoms with van der Waals surface area (Å²) in [6, 6.07) is 18.2. The fraction of sp³-hybridized carbons (Fsp3) is 0.310. The maximum Gasteiger partial charge on any atom is 0.264 e. The van der Waals surface area contributed by atoms with E-state index in [1.165, 1.54) is 23.1 Å². The van der Waals surface area contributed by atoms with Crippen molar-refractivity contribution >= 4 is 39.1 Å². The largest absolute Gasteiger partial charge is 0.355 e. The van der Waals surface area contributed by atoms with Gasteiger partial charge in [-0.15, -0.1) is 0 Å². The van der Waals surface area contributed by atoms with Crippen molar-refractivity contribution in [3.63, 3.8) is 0 Å². The first-order valence-corrected chi connectivity index (χ1v) is 14.2. The van der Waals surface area contributed by atoms with E-state index < -0.39 is 28.5 Å². The Kier molecular flexibility index (Phi) is 9.57. The van der Waals surface area contributed by atoms with Crippen LogP contribution in [0.2, 0.25) is 5.02 Å². The average Bonchev–Trinajstić information content (AvgIpc) is 2.87. The van der Waals surface area contributed by atoms with E-state index in [-0.39, 0.29) is 17.3 Å². The maximum atomic E-state index is 13.9. The summed E-state index contributed by atoms with van der Waals surface area (Å²) in [5.74, 6) is -0.833. The van der Waals surface area contributed by atoms with Gasteiger partial charge in [-0.3, -0.25) is 13.9 Å². The Morgan fingerprint density at radius 3 is 2.26 bits per heavy atom. The Morgan fingerprint density at radius 2 is 1.63 bits per heavy atom. The monoisotopic (exact) mass is 555 g/mol. The van der Waals surface area contributed by atoms with E-state index in [1.54, 1.807) is 45.0 Å². The van der Waals surface area contributed by atoms with Gasteiger partial charge >= 0.3 is 0 Å². The molecule has 0 aliphatic rings. The van der Waals surface area contributed by atoms with Crippen molar-refractivity contribution in [1.82, 2.24) is 10.2 Å². The number of amides is 2. The van der Waals surface area contributed by atoms with Crippen LogP contribution in [0.15, 0.2) is 71.6 Å². The molecule has 0 heterocycles. The van der Waals surface area contributed by atoms with Gasteiger partial charge in [-0.25, -0.2) is 8.42 Å². The Balaban J connectivity index is 2.08. The molecule has 1 N–H and O–H groups in total. The number of hydrogen-bond donors (Lipinski definition) is 1. The summed E-state index contributed by atoms with van der Waals surface area (Å²) in [4.78, 5) is 28.2. The van der Waals surface area contributed by atoms with Gasteiger partial charge in [-0.2, -0.15) is 0 Å². The molecule has 0 spiro atoms. The minimum Gasteiger partial charge on any atom is -0.355 e. The summed E-state index contributed by atoms with van der Waals surface area (Å²) in [7, 11) is -4.15. The molecule has 0 radical (unpaired) electrons. The highest BCUT2D eigenvalue weighted by atomic mass is 35.5. The van der Waals surface area contributed by atoms with Crippen LogP contribution in [0, 0.1) is 20.8 Å². The Morgan fingerprint density at radius 1 is 0.947 bits per heavy atom. The normalized spacial score (nSPS) is 12.1. The number of sulfonamides is 1. The zero-order chi connectivity index (χ0) is 28.0. The van der Waals surface area contributed by atoms with Crippen LogP contribution >= 0.6 is 11.6 Å². The second-order valence-corrected chi connectivity index (χ2v) is 11.6. The minimum atomic E-state index is -4.15. The molecule has 7 nitrogen and oxygen atoms in total. The number of likely N-dealkylation sites (N-methyl/N-ethyl adjacent to an activating group) is 1. The van der Waals surface area contributed by atoms with Crippen LogP contribution in [0.1, 0.15) is 36.1 Å². The van der Waals surface area contributed by atoms with Crippen LogP contribution in [0.5, 0.6) is 0 Å². The number of benzene rings is 3. The molecule has 0 unspecified atom stereocenters. The smallest absolute Gasteiger partial charge is 0.264 e. The van der Waals surface area contributed by atoms with Crippen molar-refractivity contribution in [2.24, 2.45) is 0 Å². The van der Waals surface area contributed by atoms with E-state index >= 15 is 0 Å².